The lowest BCUT2D eigenvalue weighted by Gasteiger charge is -2.33. The molecule has 5 aromatic carbocycles. The molecule has 0 N–H and O–H groups in total. The van der Waals surface area contributed by atoms with E-state index < -0.39 is 0 Å². The predicted octanol–water partition coefficient (Wildman–Crippen LogP) is 11.2. The average molecular weight is 688 g/mol. The number of benzene rings is 5. The minimum Gasteiger partial charge on any atom is -0.333 e. The van der Waals surface area contributed by atoms with Crippen LogP contribution in [0, 0.1) is 27.7 Å². The van der Waals surface area contributed by atoms with Crippen molar-refractivity contribution >= 4 is 11.7 Å². The van der Waals surface area contributed by atoms with Crippen molar-refractivity contribution in [3.8, 4) is 44.5 Å². The first kappa shape index (κ1) is 33.7. The Morgan fingerprint density at radius 3 is 1.40 bits per heavy atom. The molecule has 0 amide bonds. The Balaban J connectivity index is 1.27. The summed E-state index contributed by atoms with van der Waals surface area (Å²) < 4.78 is 0. The van der Waals surface area contributed by atoms with Crippen molar-refractivity contribution in [3.05, 3.63) is 191 Å². The third kappa shape index (κ3) is 7.19. The van der Waals surface area contributed by atoms with Gasteiger partial charge in [-0.1, -0.05) is 114 Å². The highest BCUT2D eigenvalue weighted by atomic mass is 15.3. The zero-order valence-electron chi connectivity index (χ0n) is 30.7. The zero-order chi connectivity index (χ0) is 36.5. The minimum atomic E-state index is -0.241. The first-order valence-electron chi connectivity index (χ1n) is 18.0. The molecule has 53 heavy (non-hydrogen) atoms. The molecule has 1 atom stereocenters. The molecule has 1 aliphatic heterocycles. The number of rotatable bonds is 7. The van der Waals surface area contributed by atoms with Crippen molar-refractivity contribution in [1.29, 1.82) is 0 Å². The van der Waals surface area contributed by atoms with Crippen LogP contribution in [0.3, 0.4) is 0 Å². The van der Waals surface area contributed by atoms with E-state index >= 15 is 0 Å². The van der Waals surface area contributed by atoms with Gasteiger partial charge >= 0.3 is 0 Å². The van der Waals surface area contributed by atoms with Crippen LogP contribution in [0.2, 0.25) is 0 Å². The fourth-order valence-electron chi connectivity index (χ4n) is 6.92. The summed E-state index contributed by atoms with van der Waals surface area (Å²) in [5.41, 5.74) is 16.4. The summed E-state index contributed by atoms with van der Waals surface area (Å²) in [6, 6.07) is 49.7. The molecule has 0 bridgehead atoms. The second kappa shape index (κ2) is 14.3. The lowest BCUT2D eigenvalue weighted by molar-refractivity contribution is 0.382. The summed E-state index contributed by atoms with van der Waals surface area (Å²) in [6.45, 7) is 8.27. The Bertz CT molecular complexity index is 2370. The number of hydrogen-bond acceptors (Lipinski definition) is 5. The summed E-state index contributed by atoms with van der Waals surface area (Å²) in [6.07, 6.45) is 3.63. The molecule has 8 rings (SSSR count). The Morgan fingerprint density at radius 1 is 0.434 bits per heavy atom. The second-order valence-corrected chi connectivity index (χ2v) is 14.0. The third-order valence-electron chi connectivity index (χ3n) is 9.89. The van der Waals surface area contributed by atoms with E-state index in [0.29, 0.717) is 5.84 Å². The van der Waals surface area contributed by atoms with Crippen LogP contribution in [0.15, 0.2) is 162 Å². The first-order chi connectivity index (χ1) is 25.8. The SMILES string of the molecule is Cc1cccc(C2=NC(c3cc(-c4ccc(-c5ccc(C)nc5)cc4)cc(-c4ccc(-c5ccc(C)nc5)cc4)c3)=NC(c3cccc(C)c3)N2C)c1. The normalized spacial score (nSPS) is 14.1. The van der Waals surface area contributed by atoms with E-state index in [9.17, 15) is 0 Å². The molecule has 0 fully saturated rings. The number of amidine groups is 2. The molecule has 0 radical (unpaired) electrons. The van der Waals surface area contributed by atoms with Crippen molar-refractivity contribution in [2.75, 3.05) is 7.05 Å². The van der Waals surface area contributed by atoms with Gasteiger partial charge in [0.05, 0.1) is 0 Å². The minimum absolute atomic E-state index is 0.241. The van der Waals surface area contributed by atoms with Crippen LogP contribution in [0.4, 0.5) is 0 Å². The van der Waals surface area contributed by atoms with Gasteiger partial charge < -0.3 is 4.90 Å². The third-order valence-corrected chi connectivity index (χ3v) is 9.89. The topological polar surface area (TPSA) is 53.7 Å². The summed E-state index contributed by atoms with van der Waals surface area (Å²) in [4.78, 5) is 21.9. The van der Waals surface area contributed by atoms with Crippen molar-refractivity contribution in [3.63, 3.8) is 0 Å². The molecule has 1 aliphatic rings. The number of aliphatic imine (C=N–C) groups is 2. The molecule has 5 heteroatoms. The Labute approximate surface area is 312 Å². The van der Waals surface area contributed by atoms with Crippen molar-refractivity contribution < 1.29 is 0 Å². The number of aromatic nitrogens is 2. The molecule has 7 aromatic rings. The zero-order valence-corrected chi connectivity index (χ0v) is 30.7. The summed E-state index contributed by atoms with van der Waals surface area (Å²) in [5, 5.41) is 0. The summed E-state index contributed by atoms with van der Waals surface area (Å²) in [5.74, 6) is 1.60. The van der Waals surface area contributed by atoms with Gasteiger partial charge in [-0.2, -0.15) is 0 Å². The molecule has 2 aromatic heterocycles. The van der Waals surface area contributed by atoms with Crippen LogP contribution in [-0.4, -0.2) is 33.6 Å². The van der Waals surface area contributed by atoms with Gasteiger partial charge in [-0.15, -0.1) is 0 Å². The van der Waals surface area contributed by atoms with Crippen LogP contribution < -0.4 is 0 Å². The van der Waals surface area contributed by atoms with Gasteiger partial charge in [0.25, 0.3) is 0 Å². The average Bonchev–Trinajstić information content (AvgIpc) is 3.18. The molecular weight excluding hydrogens is 647 g/mol. The fraction of sp³-hybridized carbons (Fsp3) is 0.125. The summed E-state index contributed by atoms with van der Waals surface area (Å²) in [7, 11) is 2.09. The number of hydrogen-bond donors (Lipinski definition) is 0. The van der Waals surface area contributed by atoms with Crippen molar-refractivity contribution in [2.24, 2.45) is 9.98 Å². The molecule has 0 saturated carbocycles. The van der Waals surface area contributed by atoms with Gasteiger partial charge in [-0.25, -0.2) is 9.98 Å². The van der Waals surface area contributed by atoms with Crippen LogP contribution in [0.5, 0.6) is 0 Å². The lowest BCUT2D eigenvalue weighted by atomic mass is 9.93. The van der Waals surface area contributed by atoms with E-state index in [1.165, 1.54) is 11.1 Å². The largest absolute Gasteiger partial charge is 0.333 e. The van der Waals surface area contributed by atoms with E-state index in [-0.39, 0.29) is 6.17 Å². The number of aryl methyl sites for hydroxylation is 4. The maximum atomic E-state index is 5.38. The monoisotopic (exact) mass is 687 g/mol. The molecule has 0 spiro atoms. The second-order valence-electron chi connectivity index (χ2n) is 14.0. The van der Waals surface area contributed by atoms with Crippen LogP contribution in [0.1, 0.15) is 45.4 Å². The standard InChI is InChI=1S/C48H41N5/c1-31-8-6-10-39(24-31)47-51-46(52-48(53(47)5)40-11-7-9-32(2)25-40)45-27-43(37-20-16-35(17-21-37)41-14-12-33(3)49-29-41)26-44(28-45)38-22-18-36(19-23-38)42-15-13-34(4)50-30-42/h6-30,47H,1-5H3. The van der Waals surface area contributed by atoms with Crippen LogP contribution in [-0.2, 0) is 0 Å². The molecule has 0 saturated heterocycles. The quantitative estimate of drug-likeness (QED) is 0.168. The first-order valence-corrected chi connectivity index (χ1v) is 18.0. The van der Waals surface area contributed by atoms with Gasteiger partial charge in [0.15, 0.2) is 5.84 Å². The molecule has 5 nitrogen and oxygen atoms in total. The van der Waals surface area contributed by atoms with Gasteiger partial charge in [-0.3, -0.25) is 9.97 Å². The van der Waals surface area contributed by atoms with E-state index in [0.717, 1.165) is 78.4 Å². The van der Waals surface area contributed by atoms with Crippen molar-refractivity contribution in [1.82, 2.24) is 14.9 Å². The predicted molar refractivity (Wildman–Crippen MR) is 219 cm³/mol. The van der Waals surface area contributed by atoms with Gasteiger partial charge in [0.2, 0.25) is 0 Å². The molecule has 0 aliphatic carbocycles. The fourth-order valence-corrected chi connectivity index (χ4v) is 6.92. The summed E-state index contributed by atoms with van der Waals surface area (Å²) >= 11 is 0. The Hall–Kier alpha value is -6.46. The number of pyridine rings is 2. The lowest BCUT2D eigenvalue weighted by Crippen LogP contribution is -2.35. The van der Waals surface area contributed by atoms with E-state index in [2.05, 4.69) is 175 Å². The smallest absolute Gasteiger partial charge is 0.159 e. The van der Waals surface area contributed by atoms with E-state index in [1.54, 1.807) is 0 Å². The Kier molecular flexibility index (Phi) is 9.07. The van der Waals surface area contributed by atoms with Gasteiger partial charge in [0, 0.05) is 53.1 Å². The molecule has 3 heterocycles. The number of nitrogens with zero attached hydrogens (tertiary/aromatic N) is 5. The van der Waals surface area contributed by atoms with Crippen LogP contribution in [0.25, 0.3) is 44.5 Å². The molecule has 1 unspecified atom stereocenters. The Morgan fingerprint density at radius 2 is 0.906 bits per heavy atom. The molecular formula is C48H41N5. The highest BCUT2D eigenvalue weighted by molar-refractivity contribution is 6.13. The van der Waals surface area contributed by atoms with Gasteiger partial charge in [0.1, 0.15) is 12.0 Å². The van der Waals surface area contributed by atoms with Gasteiger partial charge in [-0.05, 0) is 103 Å². The van der Waals surface area contributed by atoms with Crippen LogP contribution >= 0.6 is 0 Å². The highest BCUT2D eigenvalue weighted by Gasteiger charge is 2.27. The van der Waals surface area contributed by atoms with E-state index in [1.807, 2.05) is 26.2 Å². The maximum absolute atomic E-state index is 5.38. The maximum Gasteiger partial charge on any atom is 0.159 e. The van der Waals surface area contributed by atoms with E-state index in [4.69, 9.17) is 9.98 Å². The molecule has 258 valence electrons. The van der Waals surface area contributed by atoms with Crippen molar-refractivity contribution in [2.45, 2.75) is 33.9 Å². The highest BCUT2D eigenvalue weighted by Crippen LogP contribution is 2.34.